The fourth-order valence-corrected chi connectivity index (χ4v) is 3.65. The van der Waals surface area contributed by atoms with Gasteiger partial charge >= 0.3 is 0 Å². The minimum atomic E-state index is -3.40. The van der Waals surface area contributed by atoms with Crippen LogP contribution in [0.2, 0.25) is 0 Å². The van der Waals surface area contributed by atoms with Crippen LogP contribution in [0.3, 0.4) is 0 Å². The van der Waals surface area contributed by atoms with Crippen LogP contribution < -0.4 is 5.32 Å². The van der Waals surface area contributed by atoms with E-state index < -0.39 is 10.0 Å². The number of nitrogens with zero attached hydrogens (tertiary/aromatic N) is 2. The number of aryl methyl sites for hydroxylation is 1. The number of benzene rings is 1. The van der Waals surface area contributed by atoms with Gasteiger partial charge in [0.15, 0.2) is 0 Å². The first-order chi connectivity index (χ1) is 11.3. The molecule has 0 spiro atoms. The van der Waals surface area contributed by atoms with Crippen molar-refractivity contribution in [1.82, 2.24) is 14.5 Å². The molecule has 1 aliphatic rings. The molecular formula is C17H27N3O3S. The highest BCUT2D eigenvalue weighted by Crippen LogP contribution is 2.15. The molecule has 0 saturated carbocycles. The Hall–Kier alpha value is -1.44. The van der Waals surface area contributed by atoms with E-state index in [4.69, 9.17) is 0 Å². The number of amides is 1. The Kier molecular flexibility index (Phi) is 6.37. The molecule has 0 bridgehead atoms. The van der Waals surface area contributed by atoms with E-state index in [-0.39, 0.29) is 16.8 Å². The topological polar surface area (TPSA) is 69.7 Å². The predicted octanol–water partition coefficient (Wildman–Crippen LogP) is 1.08. The quantitative estimate of drug-likeness (QED) is 0.831. The van der Waals surface area contributed by atoms with E-state index in [2.05, 4.69) is 17.3 Å². The number of hydrogen-bond acceptors (Lipinski definition) is 4. The van der Waals surface area contributed by atoms with E-state index in [0.717, 1.165) is 31.5 Å². The molecule has 1 heterocycles. The van der Waals surface area contributed by atoms with Crippen molar-refractivity contribution in [2.24, 2.45) is 0 Å². The van der Waals surface area contributed by atoms with E-state index >= 15 is 0 Å². The molecule has 0 aliphatic carbocycles. The summed E-state index contributed by atoms with van der Waals surface area (Å²) in [5.41, 5.74) is 0.964. The highest BCUT2D eigenvalue weighted by atomic mass is 32.2. The van der Waals surface area contributed by atoms with E-state index in [0.29, 0.717) is 12.8 Å². The molecule has 1 fully saturated rings. The van der Waals surface area contributed by atoms with Gasteiger partial charge in [0.2, 0.25) is 15.9 Å². The fourth-order valence-electron chi connectivity index (χ4n) is 2.75. The molecule has 1 aromatic rings. The van der Waals surface area contributed by atoms with Gasteiger partial charge in [-0.3, -0.25) is 4.79 Å². The number of piperidine rings is 1. The van der Waals surface area contributed by atoms with E-state index in [1.807, 2.05) is 0 Å². The molecular weight excluding hydrogens is 326 g/mol. The summed E-state index contributed by atoms with van der Waals surface area (Å²) in [6, 6.07) is 7.03. The summed E-state index contributed by atoms with van der Waals surface area (Å²) >= 11 is 0. The van der Waals surface area contributed by atoms with Crippen molar-refractivity contribution in [3.63, 3.8) is 0 Å². The maximum Gasteiger partial charge on any atom is 0.242 e. The lowest BCUT2D eigenvalue weighted by molar-refractivity contribution is -0.122. The third-order valence-electron chi connectivity index (χ3n) is 4.43. The second kappa shape index (κ2) is 8.09. The van der Waals surface area contributed by atoms with Gasteiger partial charge in [-0.25, -0.2) is 12.7 Å². The molecule has 1 aromatic carbocycles. The van der Waals surface area contributed by atoms with Crippen molar-refractivity contribution in [2.45, 2.75) is 36.6 Å². The summed E-state index contributed by atoms with van der Waals surface area (Å²) in [6.45, 7) is 2.04. The molecule has 1 saturated heterocycles. The lowest BCUT2D eigenvalue weighted by Gasteiger charge is -2.29. The lowest BCUT2D eigenvalue weighted by Crippen LogP contribution is -2.43. The van der Waals surface area contributed by atoms with Crippen molar-refractivity contribution in [3.05, 3.63) is 29.8 Å². The largest absolute Gasteiger partial charge is 0.353 e. The summed E-state index contributed by atoms with van der Waals surface area (Å²) < 4.78 is 25.2. The van der Waals surface area contributed by atoms with E-state index in [1.54, 1.807) is 24.3 Å². The number of carbonyl (C=O) groups is 1. The van der Waals surface area contributed by atoms with Gasteiger partial charge in [-0.2, -0.15) is 0 Å². The van der Waals surface area contributed by atoms with Gasteiger partial charge in [0.1, 0.15) is 0 Å². The fraction of sp³-hybridized carbons (Fsp3) is 0.588. The van der Waals surface area contributed by atoms with Gasteiger partial charge < -0.3 is 10.2 Å². The Morgan fingerprint density at radius 3 is 2.33 bits per heavy atom. The molecule has 1 amide bonds. The lowest BCUT2D eigenvalue weighted by atomic mass is 10.0. The van der Waals surface area contributed by atoms with Crippen molar-refractivity contribution in [2.75, 3.05) is 34.2 Å². The van der Waals surface area contributed by atoms with Crippen molar-refractivity contribution < 1.29 is 13.2 Å². The Balaban J connectivity index is 1.83. The van der Waals surface area contributed by atoms with Crippen LogP contribution in [0, 0.1) is 0 Å². The van der Waals surface area contributed by atoms with Crippen LogP contribution in [0.4, 0.5) is 0 Å². The Bertz CT molecular complexity index is 648. The monoisotopic (exact) mass is 353 g/mol. The van der Waals surface area contributed by atoms with Crippen molar-refractivity contribution >= 4 is 15.9 Å². The zero-order valence-corrected chi connectivity index (χ0v) is 15.5. The van der Waals surface area contributed by atoms with E-state index in [9.17, 15) is 13.2 Å². The Morgan fingerprint density at radius 2 is 1.79 bits per heavy atom. The number of carbonyl (C=O) groups excluding carboxylic acids is 1. The van der Waals surface area contributed by atoms with Crippen molar-refractivity contribution in [3.8, 4) is 0 Å². The predicted molar refractivity (Wildman–Crippen MR) is 94.3 cm³/mol. The molecule has 0 atom stereocenters. The SMILES string of the molecule is CN1CCC(NC(=O)CCc2ccc(S(=O)(=O)N(C)C)cc2)CC1. The maximum absolute atomic E-state index is 12.1. The number of likely N-dealkylation sites (tertiary alicyclic amines) is 1. The van der Waals surface area contributed by atoms with Gasteiger partial charge in [0.25, 0.3) is 0 Å². The van der Waals surface area contributed by atoms with Gasteiger partial charge in [-0.1, -0.05) is 12.1 Å². The number of sulfonamides is 1. The molecule has 2 rings (SSSR count). The van der Waals surface area contributed by atoms with Gasteiger partial charge in [-0.15, -0.1) is 0 Å². The summed E-state index contributed by atoms with van der Waals surface area (Å²) in [5.74, 6) is 0.0644. The van der Waals surface area contributed by atoms with Crippen LogP contribution in [0.15, 0.2) is 29.2 Å². The third kappa shape index (κ3) is 5.03. The first-order valence-corrected chi connectivity index (χ1v) is 9.72. The molecule has 0 aromatic heterocycles. The standard InChI is InChI=1S/C17H27N3O3S/c1-19(2)24(22,23)16-7-4-14(5-8-16)6-9-17(21)18-15-10-12-20(3)13-11-15/h4-5,7-8,15H,6,9-13H2,1-3H3,(H,18,21). The summed E-state index contributed by atoms with van der Waals surface area (Å²) in [5, 5.41) is 3.09. The van der Waals surface area contributed by atoms with Crippen LogP contribution in [0.5, 0.6) is 0 Å². The minimum Gasteiger partial charge on any atom is -0.353 e. The van der Waals surface area contributed by atoms with Gasteiger partial charge in [0, 0.05) is 26.6 Å². The highest BCUT2D eigenvalue weighted by molar-refractivity contribution is 7.89. The average molecular weight is 353 g/mol. The summed E-state index contributed by atoms with van der Waals surface area (Å²) in [6.07, 6.45) is 3.03. The van der Waals surface area contributed by atoms with Crippen LogP contribution in [-0.4, -0.2) is 63.8 Å². The smallest absolute Gasteiger partial charge is 0.242 e. The average Bonchev–Trinajstić information content (AvgIpc) is 2.55. The Labute approximate surface area is 144 Å². The molecule has 6 nitrogen and oxygen atoms in total. The second-order valence-corrected chi connectivity index (χ2v) is 8.73. The summed E-state index contributed by atoms with van der Waals surface area (Å²) in [4.78, 5) is 14.6. The summed E-state index contributed by atoms with van der Waals surface area (Å²) in [7, 11) is 1.72. The van der Waals surface area contributed by atoms with Gasteiger partial charge in [0.05, 0.1) is 4.90 Å². The molecule has 0 unspecified atom stereocenters. The highest BCUT2D eigenvalue weighted by Gasteiger charge is 2.19. The molecule has 1 aliphatic heterocycles. The first-order valence-electron chi connectivity index (χ1n) is 8.28. The molecule has 24 heavy (non-hydrogen) atoms. The Morgan fingerprint density at radius 1 is 1.21 bits per heavy atom. The van der Waals surface area contributed by atoms with Crippen molar-refractivity contribution in [1.29, 1.82) is 0 Å². The zero-order valence-electron chi connectivity index (χ0n) is 14.7. The van der Waals surface area contributed by atoms with Gasteiger partial charge in [-0.05, 0) is 57.1 Å². The maximum atomic E-state index is 12.1. The molecule has 0 radical (unpaired) electrons. The molecule has 134 valence electrons. The minimum absolute atomic E-state index is 0.0644. The number of hydrogen-bond donors (Lipinski definition) is 1. The second-order valence-electron chi connectivity index (χ2n) is 6.58. The van der Waals surface area contributed by atoms with Crippen LogP contribution >= 0.6 is 0 Å². The molecule has 7 heteroatoms. The normalized spacial score (nSPS) is 17.2. The first kappa shape index (κ1) is 18.9. The molecule has 1 N–H and O–H groups in total. The van der Waals surface area contributed by atoms with Crippen LogP contribution in [0.1, 0.15) is 24.8 Å². The van der Waals surface area contributed by atoms with E-state index in [1.165, 1.54) is 18.4 Å². The third-order valence-corrected chi connectivity index (χ3v) is 6.26. The number of nitrogens with one attached hydrogen (secondary N) is 1. The van der Waals surface area contributed by atoms with Crippen LogP contribution in [0.25, 0.3) is 0 Å². The van der Waals surface area contributed by atoms with Crippen LogP contribution in [-0.2, 0) is 21.2 Å². The zero-order chi connectivity index (χ0) is 17.7. The number of rotatable bonds is 6.